The van der Waals surface area contributed by atoms with Crippen LogP contribution in [0.5, 0.6) is 0 Å². The van der Waals surface area contributed by atoms with Gasteiger partial charge in [-0.15, -0.1) is 0 Å². The van der Waals surface area contributed by atoms with E-state index in [2.05, 4.69) is 25.5 Å². The zero-order valence-corrected chi connectivity index (χ0v) is 20.8. The number of ether oxygens (including phenoxy) is 1. The second-order valence-corrected chi connectivity index (χ2v) is 9.88. The number of benzene rings is 1. The predicted molar refractivity (Wildman–Crippen MR) is 137 cm³/mol. The largest absolute Gasteiger partial charge is 0.391 e. The Labute approximate surface area is 211 Å². The molecule has 2 aliphatic rings. The van der Waals surface area contributed by atoms with Gasteiger partial charge in [-0.05, 0) is 25.0 Å². The van der Waals surface area contributed by atoms with E-state index in [1.807, 2.05) is 30.0 Å². The summed E-state index contributed by atoms with van der Waals surface area (Å²) in [5.41, 5.74) is 1.47. The number of amides is 1. The highest BCUT2D eigenvalue weighted by atomic mass is 35.5. The van der Waals surface area contributed by atoms with Gasteiger partial charge in [0.15, 0.2) is 5.13 Å². The maximum absolute atomic E-state index is 12.8. The Morgan fingerprint density at radius 3 is 2.80 bits per heavy atom. The van der Waals surface area contributed by atoms with E-state index in [0.29, 0.717) is 65.2 Å². The average molecular weight is 516 g/mol. The SMILES string of the molecule is Cc1cccc(Cl)c1NC(=O)c1cnc(Nc2cc(N3CCOCC3)nc(N3CC[C@@H](O)C3)n2)s1. The first-order chi connectivity index (χ1) is 17.0. The van der Waals surface area contributed by atoms with Crippen molar-refractivity contribution >= 4 is 57.2 Å². The molecule has 0 saturated carbocycles. The molecule has 0 unspecified atom stereocenters. The third-order valence-electron chi connectivity index (χ3n) is 5.91. The highest BCUT2D eigenvalue weighted by Gasteiger charge is 2.25. The van der Waals surface area contributed by atoms with Crippen LogP contribution in [-0.2, 0) is 4.74 Å². The number of aliphatic hydroxyl groups is 1. The molecule has 3 N–H and O–H groups in total. The summed E-state index contributed by atoms with van der Waals surface area (Å²) in [6.07, 6.45) is 1.82. The van der Waals surface area contributed by atoms with E-state index in [-0.39, 0.29) is 12.0 Å². The standard InChI is InChI=1S/C23H26ClN7O3S/c1-14-3-2-4-16(24)20(14)29-21(33)17-12-25-23(35-17)27-18-11-19(30-7-9-34-10-8-30)28-22(26-18)31-6-5-15(32)13-31/h2-4,11-12,15,32H,5-10,13H2,1H3,(H,29,33)(H,25,26,27,28)/t15-/m1/s1. The van der Waals surface area contributed by atoms with Crippen molar-refractivity contribution in [2.75, 3.05) is 59.8 Å². The predicted octanol–water partition coefficient (Wildman–Crippen LogP) is 3.30. The van der Waals surface area contributed by atoms with Gasteiger partial charge in [-0.2, -0.15) is 9.97 Å². The van der Waals surface area contributed by atoms with Crippen molar-refractivity contribution in [1.82, 2.24) is 15.0 Å². The van der Waals surface area contributed by atoms with Gasteiger partial charge in [-0.1, -0.05) is 35.1 Å². The van der Waals surface area contributed by atoms with Gasteiger partial charge < -0.3 is 30.3 Å². The van der Waals surface area contributed by atoms with E-state index in [9.17, 15) is 9.90 Å². The lowest BCUT2D eigenvalue weighted by molar-refractivity contribution is 0.103. The molecule has 35 heavy (non-hydrogen) atoms. The Kier molecular flexibility index (Phi) is 7.00. The first-order valence-electron chi connectivity index (χ1n) is 11.4. The maximum Gasteiger partial charge on any atom is 0.267 e. The lowest BCUT2D eigenvalue weighted by Crippen LogP contribution is -2.37. The number of aromatic nitrogens is 3. The number of aliphatic hydroxyl groups excluding tert-OH is 1. The molecule has 1 atom stereocenters. The molecule has 184 valence electrons. The molecule has 0 radical (unpaired) electrons. The number of carbonyl (C=O) groups excluding carboxylic acids is 1. The number of rotatable bonds is 6. The van der Waals surface area contributed by atoms with Crippen LogP contribution in [0.2, 0.25) is 5.02 Å². The van der Waals surface area contributed by atoms with Crippen LogP contribution in [0.4, 0.5) is 28.4 Å². The molecule has 2 saturated heterocycles. The van der Waals surface area contributed by atoms with Gasteiger partial charge in [0.25, 0.3) is 5.91 Å². The number of anilines is 5. The monoisotopic (exact) mass is 515 g/mol. The number of nitrogens with one attached hydrogen (secondary N) is 2. The van der Waals surface area contributed by atoms with Crippen LogP contribution in [0.3, 0.4) is 0 Å². The van der Waals surface area contributed by atoms with Crippen LogP contribution in [-0.4, -0.2) is 71.5 Å². The van der Waals surface area contributed by atoms with Crippen molar-refractivity contribution in [3.63, 3.8) is 0 Å². The molecular weight excluding hydrogens is 490 g/mol. The number of para-hydroxylation sites is 1. The minimum Gasteiger partial charge on any atom is -0.391 e. The van der Waals surface area contributed by atoms with Gasteiger partial charge in [0, 0.05) is 32.2 Å². The van der Waals surface area contributed by atoms with Crippen LogP contribution < -0.4 is 20.4 Å². The molecule has 3 aromatic rings. The molecule has 4 heterocycles. The molecule has 12 heteroatoms. The summed E-state index contributed by atoms with van der Waals surface area (Å²) in [4.78, 5) is 31.2. The van der Waals surface area contributed by atoms with Crippen molar-refractivity contribution in [3.05, 3.63) is 45.9 Å². The van der Waals surface area contributed by atoms with Crippen molar-refractivity contribution in [3.8, 4) is 0 Å². The fraction of sp³-hybridized carbons (Fsp3) is 0.391. The number of hydrogen-bond donors (Lipinski definition) is 3. The topological polar surface area (TPSA) is 116 Å². The maximum atomic E-state index is 12.8. The Morgan fingerprint density at radius 2 is 2.06 bits per heavy atom. The number of nitrogens with zero attached hydrogens (tertiary/aromatic N) is 5. The molecule has 2 aromatic heterocycles. The van der Waals surface area contributed by atoms with Crippen molar-refractivity contribution < 1.29 is 14.6 Å². The van der Waals surface area contributed by atoms with E-state index in [1.54, 1.807) is 6.07 Å². The third-order valence-corrected chi connectivity index (χ3v) is 7.13. The summed E-state index contributed by atoms with van der Waals surface area (Å²) in [5.74, 6) is 1.62. The number of aryl methyl sites for hydroxylation is 1. The summed E-state index contributed by atoms with van der Waals surface area (Å²) >= 11 is 7.47. The first-order valence-corrected chi connectivity index (χ1v) is 12.6. The number of carbonyl (C=O) groups is 1. The highest BCUT2D eigenvalue weighted by Crippen LogP contribution is 2.29. The number of halogens is 1. The Balaban J connectivity index is 1.36. The van der Waals surface area contributed by atoms with Crippen molar-refractivity contribution in [1.29, 1.82) is 0 Å². The van der Waals surface area contributed by atoms with Gasteiger partial charge >= 0.3 is 0 Å². The lowest BCUT2D eigenvalue weighted by atomic mass is 10.2. The summed E-state index contributed by atoms with van der Waals surface area (Å²) in [7, 11) is 0. The fourth-order valence-corrected chi connectivity index (χ4v) is 5.00. The van der Waals surface area contributed by atoms with Crippen LogP contribution >= 0.6 is 22.9 Å². The molecule has 10 nitrogen and oxygen atoms in total. The second kappa shape index (κ2) is 10.3. The van der Waals surface area contributed by atoms with Gasteiger partial charge in [0.05, 0.1) is 36.2 Å². The van der Waals surface area contributed by atoms with Gasteiger partial charge in [0.2, 0.25) is 5.95 Å². The number of morpholine rings is 1. The molecule has 0 spiro atoms. The Bertz CT molecular complexity index is 1170. The highest BCUT2D eigenvalue weighted by molar-refractivity contribution is 7.17. The zero-order valence-electron chi connectivity index (χ0n) is 19.2. The third kappa shape index (κ3) is 5.48. The first kappa shape index (κ1) is 23.7. The van der Waals surface area contributed by atoms with Crippen molar-refractivity contribution in [2.24, 2.45) is 0 Å². The summed E-state index contributed by atoms with van der Waals surface area (Å²) < 4.78 is 5.47. The smallest absolute Gasteiger partial charge is 0.267 e. The van der Waals surface area contributed by atoms with Crippen LogP contribution in [0.1, 0.15) is 21.7 Å². The summed E-state index contributed by atoms with van der Waals surface area (Å²) in [6.45, 7) is 5.83. The number of hydrogen-bond acceptors (Lipinski definition) is 10. The van der Waals surface area contributed by atoms with E-state index < -0.39 is 0 Å². The average Bonchev–Trinajstić information content (AvgIpc) is 3.51. The van der Waals surface area contributed by atoms with Crippen LogP contribution in [0, 0.1) is 6.92 Å². The fourth-order valence-electron chi connectivity index (χ4n) is 4.02. The Hall–Kier alpha value is -2.99. The second-order valence-electron chi connectivity index (χ2n) is 8.44. The molecule has 2 fully saturated rings. The molecule has 0 aliphatic carbocycles. The van der Waals surface area contributed by atoms with Gasteiger partial charge in [-0.25, -0.2) is 4.98 Å². The number of β-amino-alcohol motifs (C(OH)–C–C–N with tert-alkyl or cyclic N) is 1. The normalized spacial score (nSPS) is 18.1. The van der Waals surface area contributed by atoms with Crippen LogP contribution in [0.25, 0.3) is 0 Å². The van der Waals surface area contributed by atoms with E-state index >= 15 is 0 Å². The molecule has 1 aromatic carbocycles. The molecule has 2 aliphatic heterocycles. The van der Waals surface area contributed by atoms with Crippen molar-refractivity contribution in [2.45, 2.75) is 19.4 Å². The van der Waals surface area contributed by atoms with Crippen LogP contribution in [0.15, 0.2) is 30.5 Å². The van der Waals surface area contributed by atoms with E-state index in [1.165, 1.54) is 17.5 Å². The molecular formula is C23H26ClN7O3S. The minimum absolute atomic E-state index is 0.282. The number of thiazole rings is 1. The summed E-state index contributed by atoms with van der Waals surface area (Å²) in [5, 5.41) is 17.1. The van der Waals surface area contributed by atoms with E-state index in [4.69, 9.17) is 21.3 Å². The molecule has 5 rings (SSSR count). The van der Waals surface area contributed by atoms with Gasteiger partial charge in [0.1, 0.15) is 16.5 Å². The molecule has 1 amide bonds. The quantitative estimate of drug-likeness (QED) is 0.454. The minimum atomic E-state index is -0.385. The van der Waals surface area contributed by atoms with E-state index in [0.717, 1.165) is 24.5 Å². The molecule has 0 bridgehead atoms. The Morgan fingerprint density at radius 1 is 1.23 bits per heavy atom. The zero-order chi connectivity index (χ0) is 24.4. The lowest BCUT2D eigenvalue weighted by Gasteiger charge is -2.29. The van der Waals surface area contributed by atoms with Gasteiger partial charge in [-0.3, -0.25) is 4.79 Å². The summed E-state index contributed by atoms with van der Waals surface area (Å²) in [6, 6.07) is 7.34.